The summed E-state index contributed by atoms with van der Waals surface area (Å²) in [4.78, 5) is 12.0. The van der Waals surface area contributed by atoms with Gasteiger partial charge in [-0.25, -0.2) is 0 Å². The average Bonchev–Trinajstić information content (AvgIpc) is 2.37. The maximum atomic E-state index is 12.0. The SMILES string of the molecule is C=C(CC(C)C)NC1CC2CCC1CC2NC(=O)CC(C)C. The monoisotopic (exact) mass is 306 g/mol. The molecule has 0 aromatic heterocycles. The molecule has 22 heavy (non-hydrogen) atoms. The van der Waals surface area contributed by atoms with Gasteiger partial charge in [0.25, 0.3) is 0 Å². The van der Waals surface area contributed by atoms with Crippen LogP contribution in [0.4, 0.5) is 0 Å². The first-order chi connectivity index (χ1) is 10.3. The molecule has 2 N–H and O–H groups in total. The van der Waals surface area contributed by atoms with Crippen LogP contribution in [0.2, 0.25) is 0 Å². The van der Waals surface area contributed by atoms with Crippen LogP contribution in [0.1, 0.15) is 66.2 Å². The fraction of sp³-hybridized carbons (Fsp3) is 0.842. The highest BCUT2D eigenvalue weighted by Gasteiger charge is 2.42. The molecule has 2 bridgehead atoms. The predicted octanol–water partition coefficient (Wildman–Crippen LogP) is 3.86. The van der Waals surface area contributed by atoms with E-state index in [1.54, 1.807) is 0 Å². The Kier molecular flexibility index (Phi) is 5.94. The Labute approximate surface area is 136 Å². The number of nitrogens with one attached hydrogen (secondary N) is 2. The Morgan fingerprint density at radius 3 is 1.91 bits per heavy atom. The van der Waals surface area contributed by atoms with Crippen LogP contribution < -0.4 is 10.6 Å². The first kappa shape index (κ1) is 17.4. The lowest BCUT2D eigenvalue weighted by Crippen LogP contribution is -2.55. The number of carbonyl (C=O) groups excluding carboxylic acids is 1. The minimum Gasteiger partial charge on any atom is -0.386 e. The third-order valence-electron chi connectivity index (χ3n) is 5.14. The number of carbonyl (C=O) groups is 1. The normalized spacial score (nSPS) is 30.6. The van der Waals surface area contributed by atoms with Crippen molar-refractivity contribution in [1.29, 1.82) is 0 Å². The lowest BCUT2D eigenvalue weighted by molar-refractivity contribution is -0.123. The van der Waals surface area contributed by atoms with Crippen molar-refractivity contribution in [1.82, 2.24) is 10.6 Å². The molecule has 3 aliphatic rings. The summed E-state index contributed by atoms with van der Waals surface area (Å²) < 4.78 is 0. The van der Waals surface area contributed by atoms with E-state index < -0.39 is 0 Å². The van der Waals surface area contributed by atoms with E-state index in [2.05, 4.69) is 44.9 Å². The van der Waals surface area contributed by atoms with Crippen LogP contribution >= 0.6 is 0 Å². The molecule has 1 amide bonds. The number of amides is 1. The highest BCUT2D eigenvalue weighted by molar-refractivity contribution is 5.76. The Hall–Kier alpha value is -0.990. The molecule has 3 rings (SSSR count). The summed E-state index contributed by atoms with van der Waals surface area (Å²) in [5.41, 5.74) is 1.19. The standard InChI is InChI=1S/C19H34N2O/c1-12(2)8-14(5)20-17-10-16-7-6-15(17)11-18(16)21-19(22)9-13(3)4/h12-13,15-18,20H,5-11H2,1-4H3,(H,21,22). The van der Waals surface area contributed by atoms with E-state index in [9.17, 15) is 4.79 Å². The topological polar surface area (TPSA) is 41.1 Å². The zero-order valence-corrected chi connectivity index (χ0v) is 14.8. The van der Waals surface area contributed by atoms with Gasteiger partial charge in [0.15, 0.2) is 0 Å². The molecule has 0 spiro atoms. The number of fused-ring (bicyclic) bond motifs is 3. The molecule has 0 heterocycles. The zero-order chi connectivity index (χ0) is 16.3. The van der Waals surface area contributed by atoms with Crippen LogP contribution in [0.3, 0.4) is 0 Å². The fourth-order valence-electron chi connectivity index (χ4n) is 4.24. The zero-order valence-electron chi connectivity index (χ0n) is 14.8. The summed E-state index contributed by atoms with van der Waals surface area (Å²) >= 11 is 0. The van der Waals surface area contributed by atoms with Gasteiger partial charge in [-0.2, -0.15) is 0 Å². The van der Waals surface area contributed by atoms with Crippen molar-refractivity contribution in [2.45, 2.75) is 78.3 Å². The maximum absolute atomic E-state index is 12.0. The highest BCUT2D eigenvalue weighted by Crippen LogP contribution is 2.42. The molecule has 3 nitrogen and oxygen atoms in total. The molecule has 0 aliphatic heterocycles. The molecule has 3 aliphatic carbocycles. The van der Waals surface area contributed by atoms with Gasteiger partial charge in [0.1, 0.15) is 0 Å². The molecule has 0 radical (unpaired) electrons. The molecule has 3 heteroatoms. The second-order valence-corrected chi connectivity index (χ2v) is 8.29. The van der Waals surface area contributed by atoms with Crippen LogP contribution in [-0.4, -0.2) is 18.0 Å². The smallest absolute Gasteiger partial charge is 0.220 e. The van der Waals surface area contributed by atoms with Crippen molar-refractivity contribution in [3.63, 3.8) is 0 Å². The average molecular weight is 306 g/mol. The Morgan fingerprint density at radius 1 is 0.955 bits per heavy atom. The lowest BCUT2D eigenvalue weighted by atomic mass is 9.65. The second-order valence-electron chi connectivity index (χ2n) is 8.29. The van der Waals surface area contributed by atoms with Crippen molar-refractivity contribution < 1.29 is 4.79 Å². The van der Waals surface area contributed by atoms with Crippen LogP contribution in [0, 0.1) is 23.7 Å². The number of allylic oxidation sites excluding steroid dienone is 1. The number of hydrogen-bond acceptors (Lipinski definition) is 2. The predicted molar refractivity (Wildman–Crippen MR) is 92.4 cm³/mol. The van der Waals surface area contributed by atoms with Gasteiger partial charge in [-0.15, -0.1) is 0 Å². The largest absolute Gasteiger partial charge is 0.386 e. The van der Waals surface area contributed by atoms with Gasteiger partial charge in [0.2, 0.25) is 5.91 Å². The van der Waals surface area contributed by atoms with Gasteiger partial charge < -0.3 is 10.6 Å². The summed E-state index contributed by atoms with van der Waals surface area (Å²) in [5.74, 6) is 2.67. The van der Waals surface area contributed by atoms with Crippen molar-refractivity contribution in [3.05, 3.63) is 12.3 Å². The van der Waals surface area contributed by atoms with Gasteiger partial charge in [-0.3, -0.25) is 4.79 Å². The molecule has 4 unspecified atom stereocenters. The summed E-state index contributed by atoms with van der Waals surface area (Å²) in [6, 6.07) is 0.977. The van der Waals surface area contributed by atoms with Gasteiger partial charge in [-0.1, -0.05) is 34.3 Å². The molecule has 0 aromatic carbocycles. The van der Waals surface area contributed by atoms with Crippen LogP contribution in [-0.2, 0) is 4.79 Å². The quantitative estimate of drug-likeness (QED) is 0.750. The molecule has 3 saturated carbocycles. The first-order valence-electron chi connectivity index (χ1n) is 9.08. The Bertz CT molecular complexity index is 364. The van der Waals surface area contributed by atoms with E-state index in [1.807, 2.05) is 0 Å². The van der Waals surface area contributed by atoms with Crippen molar-refractivity contribution >= 4 is 5.91 Å². The van der Waals surface area contributed by atoms with Crippen LogP contribution in [0.25, 0.3) is 0 Å². The van der Waals surface area contributed by atoms with Crippen molar-refractivity contribution in [2.75, 3.05) is 0 Å². The number of hydrogen-bond donors (Lipinski definition) is 2. The van der Waals surface area contributed by atoms with Gasteiger partial charge in [0.05, 0.1) is 0 Å². The summed E-state index contributed by atoms with van der Waals surface area (Å²) in [7, 11) is 0. The summed E-state index contributed by atoms with van der Waals surface area (Å²) in [6.07, 6.45) is 6.61. The van der Waals surface area contributed by atoms with Gasteiger partial charge >= 0.3 is 0 Å². The minimum atomic E-state index is 0.237. The second kappa shape index (κ2) is 7.52. The summed E-state index contributed by atoms with van der Waals surface area (Å²) in [6.45, 7) is 12.9. The molecule has 0 aromatic rings. The summed E-state index contributed by atoms with van der Waals surface area (Å²) in [5, 5.41) is 6.98. The van der Waals surface area contributed by atoms with E-state index in [0.717, 1.165) is 12.8 Å². The maximum Gasteiger partial charge on any atom is 0.220 e. The minimum absolute atomic E-state index is 0.237. The molecule has 4 atom stereocenters. The van der Waals surface area contributed by atoms with Gasteiger partial charge in [-0.05, 0) is 55.8 Å². The van der Waals surface area contributed by atoms with E-state index in [1.165, 1.54) is 25.0 Å². The molecule has 0 saturated heterocycles. The van der Waals surface area contributed by atoms with Crippen LogP contribution in [0.15, 0.2) is 12.3 Å². The fourth-order valence-corrected chi connectivity index (χ4v) is 4.24. The molecular weight excluding hydrogens is 272 g/mol. The molecular formula is C19H34N2O. The molecule has 126 valence electrons. The van der Waals surface area contributed by atoms with Gasteiger partial charge in [0, 0.05) is 24.2 Å². The molecule has 3 fully saturated rings. The van der Waals surface area contributed by atoms with E-state index in [-0.39, 0.29) is 5.91 Å². The first-order valence-corrected chi connectivity index (χ1v) is 9.08. The third kappa shape index (κ3) is 4.76. The van der Waals surface area contributed by atoms with E-state index in [0.29, 0.717) is 42.2 Å². The van der Waals surface area contributed by atoms with Crippen LogP contribution in [0.5, 0.6) is 0 Å². The Morgan fingerprint density at radius 2 is 1.45 bits per heavy atom. The van der Waals surface area contributed by atoms with E-state index in [4.69, 9.17) is 0 Å². The van der Waals surface area contributed by atoms with Crippen molar-refractivity contribution in [3.8, 4) is 0 Å². The third-order valence-corrected chi connectivity index (χ3v) is 5.14. The number of rotatable bonds is 7. The lowest BCUT2D eigenvalue weighted by Gasteiger charge is -2.48. The highest BCUT2D eigenvalue weighted by atomic mass is 16.1. The van der Waals surface area contributed by atoms with E-state index >= 15 is 0 Å². The Balaban J connectivity index is 1.83. The van der Waals surface area contributed by atoms with Crippen molar-refractivity contribution in [2.24, 2.45) is 23.7 Å².